The van der Waals surface area contributed by atoms with Gasteiger partial charge in [0, 0.05) is 0 Å². The van der Waals surface area contributed by atoms with Crippen LogP contribution < -0.4 is 11.3 Å². The molecule has 2 heterocycles. The Balaban J connectivity index is 2.70. The Hall–Kier alpha value is -1.34. The molecule has 0 fully saturated rings. The van der Waals surface area contributed by atoms with E-state index in [2.05, 4.69) is 25.6 Å². The van der Waals surface area contributed by atoms with E-state index in [4.69, 9.17) is 5.84 Å². The van der Waals surface area contributed by atoms with Crippen LogP contribution in [0.3, 0.4) is 0 Å². The number of nitrogens with one attached hydrogen (secondary N) is 2. The molecule has 2 aromatic heterocycles. The number of aromatic amines is 1. The third-order valence-electron chi connectivity index (χ3n) is 1.60. The van der Waals surface area contributed by atoms with Crippen molar-refractivity contribution in [2.45, 2.75) is 5.03 Å². The van der Waals surface area contributed by atoms with Crippen molar-refractivity contribution in [3.05, 3.63) is 6.20 Å². The molecule has 68 valence electrons. The highest BCUT2D eigenvalue weighted by Gasteiger charge is 2.06. The normalized spacial score (nSPS) is 10.6. The third-order valence-corrected chi connectivity index (χ3v) is 2.30. The zero-order valence-corrected chi connectivity index (χ0v) is 7.72. The van der Waals surface area contributed by atoms with Crippen LogP contribution in [0, 0.1) is 0 Å². The van der Waals surface area contributed by atoms with Gasteiger partial charge in [0.05, 0.1) is 11.6 Å². The second-order valence-electron chi connectivity index (χ2n) is 2.33. The van der Waals surface area contributed by atoms with Gasteiger partial charge in [-0.25, -0.2) is 10.8 Å². The first-order chi connectivity index (χ1) is 6.35. The minimum Gasteiger partial charge on any atom is -0.292 e. The molecule has 0 atom stereocenters. The summed E-state index contributed by atoms with van der Waals surface area (Å²) in [5.74, 6) is 5.60. The highest BCUT2D eigenvalue weighted by atomic mass is 32.2. The number of thioether (sulfide) groups is 1. The molecule has 2 rings (SSSR count). The van der Waals surface area contributed by atoms with Gasteiger partial charge in [0.1, 0.15) is 5.03 Å². The molecule has 0 aliphatic carbocycles. The molecule has 7 heteroatoms. The van der Waals surface area contributed by atoms with Crippen LogP contribution in [0.2, 0.25) is 0 Å². The number of aromatic nitrogens is 4. The first kappa shape index (κ1) is 8.27. The average molecular weight is 196 g/mol. The van der Waals surface area contributed by atoms with Crippen LogP contribution in [0.15, 0.2) is 11.2 Å². The molecular formula is C6H8N6S. The maximum Gasteiger partial charge on any atom is 0.240 e. The zero-order valence-electron chi connectivity index (χ0n) is 6.90. The van der Waals surface area contributed by atoms with Gasteiger partial charge in [-0.1, -0.05) is 0 Å². The van der Waals surface area contributed by atoms with Crippen LogP contribution in [0.5, 0.6) is 0 Å². The largest absolute Gasteiger partial charge is 0.292 e. The Morgan fingerprint density at radius 2 is 2.38 bits per heavy atom. The summed E-state index contributed by atoms with van der Waals surface area (Å²) in [6, 6.07) is 0. The van der Waals surface area contributed by atoms with Crippen LogP contribution in [-0.4, -0.2) is 26.4 Å². The molecule has 0 aliphatic heterocycles. The number of fused-ring (bicyclic) bond motifs is 1. The maximum atomic E-state index is 5.21. The Morgan fingerprint density at radius 3 is 3.08 bits per heavy atom. The Kier molecular flexibility index (Phi) is 2.03. The van der Waals surface area contributed by atoms with Crippen LogP contribution in [0.25, 0.3) is 11.0 Å². The third kappa shape index (κ3) is 1.31. The molecule has 4 N–H and O–H groups in total. The fourth-order valence-electron chi connectivity index (χ4n) is 1.03. The number of H-pyrrole nitrogens is 1. The lowest BCUT2D eigenvalue weighted by Crippen LogP contribution is -2.10. The topological polar surface area (TPSA) is 92.5 Å². The van der Waals surface area contributed by atoms with Crippen LogP contribution in [0.4, 0.5) is 5.95 Å². The van der Waals surface area contributed by atoms with Crippen LogP contribution >= 0.6 is 11.8 Å². The molecule has 0 radical (unpaired) electrons. The number of nitrogens with zero attached hydrogens (tertiary/aromatic N) is 3. The van der Waals surface area contributed by atoms with E-state index < -0.39 is 0 Å². The Bertz CT molecular complexity index is 424. The van der Waals surface area contributed by atoms with E-state index in [1.165, 1.54) is 11.8 Å². The van der Waals surface area contributed by atoms with E-state index in [-0.39, 0.29) is 0 Å². The van der Waals surface area contributed by atoms with Crippen molar-refractivity contribution in [1.29, 1.82) is 0 Å². The lowest BCUT2D eigenvalue weighted by atomic mass is 10.4. The van der Waals surface area contributed by atoms with Crippen molar-refractivity contribution >= 4 is 28.7 Å². The molecule has 2 aromatic rings. The van der Waals surface area contributed by atoms with Crippen molar-refractivity contribution in [3.63, 3.8) is 0 Å². The molecule has 0 aliphatic rings. The number of nitrogen functional groups attached to an aromatic ring is 1. The number of rotatable bonds is 2. The fraction of sp³-hybridized carbons (Fsp3) is 0.167. The van der Waals surface area contributed by atoms with Gasteiger partial charge in [-0.05, 0) is 6.26 Å². The number of nitrogens with two attached hydrogens (primary N) is 1. The first-order valence-electron chi connectivity index (χ1n) is 3.57. The second-order valence-corrected chi connectivity index (χ2v) is 3.13. The van der Waals surface area contributed by atoms with Gasteiger partial charge in [-0.15, -0.1) is 11.8 Å². The lowest BCUT2D eigenvalue weighted by Gasteiger charge is -2.00. The van der Waals surface area contributed by atoms with Crippen molar-refractivity contribution in [2.75, 3.05) is 11.7 Å². The zero-order chi connectivity index (χ0) is 9.26. The van der Waals surface area contributed by atoms with Crippen LogP contribution in [0.1, 0.15) is 0 Å². The van der Waals surface area contributed by atoms with Crippen molar-refractivity contribution < 1.29 is 0 Å². The molecule has 0 bridgehead atoms. The van der Waals surface area contributed by atoms with E-state index in [0.29, 0.717) is 11.6 Å². The van der Waals surface area contributed by atoms with Gasteiger partial charge >= 0.3 is 0 Å². The van der Waals surface area contributed by atoms with Crippen molar-refractivity contribution in [3.8, 4) is 0 Å². The summed E-state index contributed by atoms with van der Waals surface area (Å²) in [5, 5.41) is 8.40. The maximum absolute atomic E-state index is 5.21. The van der Waals surface area contributed by atoms with Gasteiger partial charge in [0.2, 0.25) is 5.95 Å². The molecule has 0 saturated carbocycles. The van der Waals surface area contributed by atoms with Gasteiger partial charge in [-0.3, -0.25) is 10.5 Å². The summed E-state index contributed by atoms with van der Waals surface area (Å²) in [6.45, 7) is 0. The minimum absolute atomic E-state index is 0.390. The lowest BCUT2D eigenvalue weighted by molar-refractivity contribution is 1.05. The molecule has 13 heavy (non-hydrogen) atoms. The first-order valence-corrected chi connectivity index (χ1v) is 4.79. The number of hydrazine groups is 1. The van der Waals surface area contributed by atoms with Gasteiger partial charge in [0.25, 0.3) is 0 Å². The molecule has 0 amide bonds. The number of anilines is 1. The van der Waals surface area contributed by atoms with Gasteiger partial charge in [0.15, 0.2) is 5.65 Å². The number of hydrogen-bond donors (Lipinski definition) is 3. The molecule has 0 saturated heterocycles. The molecular weight excluding hydrogens is 188 g/mol. The smallest absolute Gasteiger partial charge is 0.240 e. The van der Waals surface area contributed by atoms with E-state index >= 15 is 0 Å². The van der Waals surface area contributed by atoms with E-state index in [1.54, 1.807) is 6.20 Å². The SMILES string of the molecule is CSc1nc(NN)nc2[nH]ncc12. The fourth-order valence-corrected chi connectivity index (χ4v) is 1.58. The summed E-state index contributed by atoms with van der Waals surface area (Å²) >= 11 is 1.53. The molecule has 0 spiro atoms. The Labute approximate surface area is 78.3 Å². The molecule has 0 unspecified atom stereocenters. The van der Waals surface area contributed by atoms with Crippen molar-refractivity contribution in [1.82, 2.24) is 20.2 Å². The van der Waals surface area contributed by atoms with E-state index in [1.807, 2.05) is 6.26 Å². The summed E-state index contributed by atoms with van der Waals surface area (Å²) in [6.07, 6.45) is 3.64. The highest BCUT2D eigenvalue weighted by molar-refractivity contribution is 7.98. The quantitative estimate of drug-likeness (QED) is 0.278. The summed E-state index contributed by atoms with van der Waals surface area (Å²) in [4.78, 5) is 8.25. The molecule has 6 nitrogen and oxygen atoms in total. The van der Waals surface area contributed by atoms with Crippen molar-refractivity contribution in [2.24, 2.45) is 5.84 Å². The summed E-state index contributed by atoms with van der Waals surface area (Å²) in [7, 11) is 0. The van der Waals surface area contributed by atoms with E-state index in [9.17, 15) is 0 Å². The Morgan fingerprint density at radius 1 is 1.54 bits per heavy atom. The van der Waals surface area contributed by atoms with Gasteiger partial charge < -0.3 is 0 Å². The summed E-state index contributed by atoms with van der Waals surface area (Å²) < 4.78 is 0. The predicted octanol–water partition coefficient (Wildman–Crippen LogP) is 0.360. The summed E-state index contributed by atoms with van der Waals surface area (Å²) in [5.41, 5.74) is 3.09. The predicted molar refractivity (Wildman–Crippen MR) is 51.3 cm³/mol. The highest BCUT2D eigenvalue weighted by Crippen LogP contribution is 2.22. The van der Waals surface area contributed by atoms with Gasteiger partial charge in [-0.2, -0.15) is 10.1 Å². The standard InChI is InChI=1S/C6H8N6S/c1-13-5-3-2-8-12-4(3)9-6(10-5)11-7/h2H,7H2,1H3,(H2,8,9,10,11,12). The van der Waals surface area contributed by atoms with E-state index in [0.717, 1.165) is 10.4 Å². The monoisotopic (exact) mass is 196 g/mol. The number of hydrogen-bond acceptors (Lipinski definition) is 6. The average Bonchev–Trinajstić information content (AvgIpc) is 2.63. The minimum atomic E-state index is 0.390. The second kappa shape index (κ2) is 3.19. The van der Waals surface area contributed by atoms with Crippen LogP contribution in [-0.2, 0) is 0 Å². The molecule has 0 aromatic carbocycles.